The van der Waals surface area contributed by atoms with Crippen molar-refractivity contribution in [2.45, 2.75) is 45.1 Å². The van der Waals surface area contributed by atoms with Crippen molar-refractivity contribution >= 4 is 28.7 Å². The molecule has 1 aliphatic rings. The van der Waals surface area contributed by atoms with Gasteiger partial charge in [-0.05, 0) is 54.2 Å². The summed E-state index contributed by atoms with van der Waals surface area (Å²) >= 11 is 1.98. The molecule has 1 rings (SSSR count). The molecular formula is C10H17IO3. The number of ether oxygens (including phenoxy) is 2. The molecule has 0 aromatic heterocycles. The first-order chi connectivity index (χ1) is 6.76. The molecule has 82 valence electrons. The summed E-state index contributed by atoms with van der Waals surface area (Å²) in [7, 11) is 0. The zero-order chi connectivity index (χ0) is 10.4. The Morgan fingerprint density at radius 3 is 2.50 bits per heavy atom. The molecule has 3 nitrogen and oxygen atoms in total. The molecule has 0 saturated heterocycles. The zero-order valence-corrected chi connectivity index (χ0v) is 10.7. The molecule has 0 unspecified atom stereocenters. The van der Waals surface area contributed by atoms with Crippen LogP contribution in [0.5, 0.6) is 0 Å². The summed E-state index contributed by atoms with van der Waals surface area (Å²) in [5.41, 5.74) is 0. The molecule has 0 aliphatic heterocycles. The number of carbonyl (C=O) groups excluding carboxylic acids is 1. The van der Waals surface area contributed by atoms with Crippen LogP contribution < -0.4 is 0 Å². The van der Waals surface area contributed by atoms with E-state index in [1.54, 1.807) is 0 Å². The van der Waals surface area contributed by atoms with Crippen LogP contribution in [0.1, 0.15) is 39.0 Å². The zero-order valence-electron chi connectivity index (χ0n) is 8.50. The van der Waals surface area contributed by atoms with E-state index < -0.39 is 6.16 Å². The van der Waals surface area contributed by atoms with E-state index in [1.807, 2.05) is 22.6 Å². The maximum absolute atomic E-state index is 11.0. The van der Waals surface area contributed by atoms with Crippen molar-refractivity contribution in [1.29, 1.82) is 0 Å². The summed E-state index contributed by atoms with van der Waals surface area (Å²) in [5, 5.41) is 0. The second kappa shape index (κ2) is 6.48. The number of carbonyl (C=O) groups is 1. The first-order valence-electron chi connectivity index (χ1n) is 5.15. The van der Waals surface area contributed by atoms with Crippen LogP contribution in [0.25, 0.3) is 0 Å². The average molecular weight is 312 g/mol. The third kappa shape index (κ3) is 4.02. The molecule has 0 N–H and O–H groups in total. The largest absolute Gasteiger partial charge is 0.509 e. The Hall–Kier alpha value is 0. The van der Waals surface area contributed by atoms with E-state index in [0.29, 0.717) is 4.61 Å². The van der Waals surface area contributed by atoms with Gasteiger partial charge in [-0.3, -0.25) is 0 Å². The molecule has 0 amide bonds. The minimum atomic E-state index is -0.514. The van der Waals surface area contributed by atoms with E-state index in [0.717, 1.165) is 18.8 Å². The highest BCUT2D eigenvalue weighted by atomic mass is 127. The lowest BCUT2D eigenvalue weighted by atomic mass is 9.86. The summed E-state index contributed by atoms with van der Waals surface area (Å²) in [6.45, 7) is 2.22. The minimum Gasteiger partial charge on any atom is -0.431 e. The molecule has 0 atom stereocenters. The summed E-state index contributed by atoms with van der Waals surface area (Å²) in [4.78, 5) is 11.0. The molecule has 1 fully saturated rings. The Labute approximate surface area is 98.7 Å². The predicted molar refractivity (Wildman–Crippen MR) is 62.5 cm³/mol. The van der Waals surface area contributed by atoms with Gasteiger partial charge in [0.15, 0.2) is 0 Å². The van der Waals surface area contributed by atoms with E-state index in [-0.39, 0.29) is 6.10 Å². The van der Waals surface area contributed by atoms with Gasteiger partial charge in [0.1, 0.15) is 10.7 Å². The van der Waals surface area contributed by atoms with Crippen LogP contribution in [0, 0.1) is 5.92 Å². The standard InChI is InChI=1S/C10H17IO3/c1-2-8-3-5-9(6-4-8)14-10(12)13-7-11/h8-9H,2-7H2,1H3. The van der Waals surface area contributed by atoms with Gasteiger partial charge in [0.05, 0.1) is 0 Å². The van der Waals surface area contributed by atoms with Gasteiger partial charge in [-0.15, -0.1) is 0 Å². The van der Waals surface area contributed by atoms with Crippen molar-refractivity contribution in [3.8, 4) is 0 Å². The lowest BCUT2D eigenvalue weighted by Gasteiger charge is -2.26. The molecule has 0 spiro atoms. The molecular weight excluding hydrogens is 295 g/mol. The Morgan fingerprint density at radius 1 is 1.36 bits per heavy atom. The normalized spacial score (nSPS) is 27.0. The fourth-order valence-electron chi connectivity index (χ4n) is 1.87. The fraction of sp³-hybridized carbons (Fsp3) is 0.900. The number of halogens is 1. The number of alkyl halides is 1. The third-order valence-corrected chi connectivity index (χ3v) is 3.12. The van der Waals surface area contributed by atoms with E-state index in [1.165, 1.54) is 19.3 Å². The molecule has 0 bridgehead atoms. The van der Waals surface area contributed by atoms with E-state index in [4.69, 9.17) is 9.47 Å². The van der Waals surface area contributed by atoms with Gasteiger partial charge < -0.3 is 9.47 Å². The predicted octanol–water partition coefficient (Wildman–Crippen LogP) is 3.50. The second-order valence-corrected chi connectivity index (χ2v) is 4.30. The second-order valence-electron chi connectivity index (χ2n) is 3.67. The van der Waals surface area contributed by atoms with Crippen LogP contribution in [0.3, 0.4) is 0 Å². The number of hydrogen-bond acceptors (Lipinski definition) is 3. The maximum Gasteiger partial charge on any atom is 0.509 e. The van der Waals surface area contributed by atoms with E-state index >= 15 is 0 Å². The minimum absolute atomic E-state index is 0.0910. The average Bonchev–Trinajstić information content (AvgIpc) is 2.19. The lowest BCUT2D eigenvalue weighted by Crippen LogP contribution is -2.24. The molecule has 0 aromatic carbocycles. The van der Waals surface area contributed by atoms with Crippen LogP contribution in [0.2, 0.25) is 0 Å². The Morgan fingerprint density at radius 2 is 2.00 bits per heavy atom. The van der Waals surface area contributed by atoms with Crippen LogP contribution in [0.15, 0.2) is 0 Å². The Bertz CT molecular complexity index is 176. The lowest BCUT2D eigenvalue weighted by molar-refractivity contribution is 0.0152. The molecule has 14 heavy (non-hydrogen) atoms. The van der Waals surface area contributed by atoms with Crippen LogP contribution in [-0.2, 0) is 9.47 Å². The first kappa shape index (κ1) is 12.1. The number of hydrogen-bond donors (Lipinski definition) is 0. The van der Waals surface area contributed by atoms with Crippen molar-refractivity contribution < 1.29 is 14.3 Å². The van der Waals surface area contributed by atoms with Crippen LogP contribution >= 0.6 is 22.6 Å². The molecule has 1 aliphatic carbocycles. The van der Waals surface area contributed by atoms with Crippen molar-refractivity contribution in [3.05, 3.63) is 0 Å². The summed E-state index contributed by atoms with van der Waals surface area (Å²) in [5.74, 6) is 0.829. The summed E-state index contributed by atoms with van der Waals surface area (Å²) in [6, 6.07) is 0. The van der Waals surface area contributed by atoms with Gasteiger partial charge in [-0.1, -0.05) is 13.3 Å². The quantitative estimate of drug-likeness (QED) is 0.454. The van der Waals surface area contributed by atoms with Gasteiger partial charge in [-0.25, -0.2) is 4.79 Å². The van der Waals surface area contributed by atoms with Gasteiger partial charge in [0.25, 0.3) is 0 Å². The molecule has 1 saturated carbocycles. The molecule has 4 heteroatoms. The van der Waals surface area contributed by atoms with Crippen LogP contribution in [-0.4, -0.2) is 16.9 Å². The smallest absolute Gasteiger partial charge is 0.431 e. The van der Waals surface area contributed by atoms with Gasteiger partial charge in [-0.2, -0.15) is 0 Å². The topological polar surface area (TPSA) is 35.5 Å². The molecule has 0 heterocycles. The monoisotopic (exact) mass is 312 g/mol. The van der Waals surface area contributed by atoms with Gasteiger partial charge >= 0.3 is 6.16 Å². The fourth-order valence-corrected chi connectivity index (χ4v) is 2.13. The highest BCUT2D eigenvalue weighted by Gasteiger charge is 2.23. The number of rotatable bonds is 3. The van der Waals surface area contributed by atoms with Gasteiger partial charge in [0, 0.05) is 0 Å². The maximum atomic E-state index is 11.0. The van der Waals surface area contributed by atoms with Crippen LogP contribution in [0.4, 0.5) is 4.79 Å². The highest BCUT2D eigenvalue weighted by molar-refractivity contribution is 14.1. The molecule has 0 aromatic rings. The van der Waals surface area contributed by atoms with Crippen molar-refractivity contribution in [1.82, 2.24) is 0 Å². The van der Waals surface area contributed by atoms with E-state index in [2.05, 4.69) is 6.92 Å². The summed E-state index contributed by atoms with van der Waals surface area (Å²) in [6.07, 6.45) is 5.17. The Kier molecular flexibility index (Phi) is 5.59. The third-order valence-electron chi connectivity index (χ3n) is 2.81. The summed E-state index contributed by atoms with van der Waals surface area (Å²) < 4.78 is 10.2. The van der Waals surface area contributed by atoms with Crippen molar-refractivity contribution in [3.63, 3.8) is 0 Å². The van der Waals surface area contributed by atoms with Crippen molar-refractivity contribution in [2.75, 3.05) is 4.61 Å². The SMILES string of the molecule is CCC1CCC(OC(=O)OCI)CC1. The Balaban J connectivity index is 2.18. The van der Waals surface area contributed by atoms with Crippen molar-refractivity contribution in [2.24, 2.45) is 5.92 Å². The first-order valence-corrected chi connectivity index (χ1v) is 6.68. The molecule has 0 radical (unpaired) electrons. The van der Waals surface area contributed by atoms with Gasteiger partial charge in [0.2, 0.25) is 0 Å². The van der Waals surface area contributed by atoms with E-state index in [9.17, 15) is 4.79 Å². The highest BCUT2D eigenvalue weighted by Crippen LogP contribution is 2.28.